The van der Waals surface area contributed by atoms with E-state index >= 15 is 0 Å². The summed E-state index contributed by atoms with van der Waals surface area (Å²) in [7, 11) is 0. The Hall–Kier alpha value is -2.85. The van der Waals surface area contributed by atoms with Crippen molar-refractivity contribution in [3.05, 3.63) is 23.8 Å². The number of nitrogens with zero attached hydrogens (tertiary/aromatic N) is 3. The number of hydrogen-bond acceptors (Lipinski definition) is 7. The Morgan fingerprint density at radius 3 is 2.50 bits per heavy atom. The maximum atomic E-state index is 13.3. The van der Waals surface area contributed by atoms with E-state index in [-0.39, 0.29) is 31.1 Å². The monoisotopic (exact) mass is 504 g/mol. The summed E-state index contributed by atoms with van der Waals surface area (Å²) in [5.74, 6) is -0.832. The van der Waals surface area contributed by atoms with Crippen molar-refractivity contribution in [3.63, 3.8) is 0 Å². The molecule has 1 unspecified atom stereocenters. The van der Waals surface area contributed by atoms with Crippen LogP contribution in [0.15, 0.2) is 18.2 Å². The Bertz CT molecular complexity index is 926. The first kappa shape index (κ1) is 27.7. The van der Waals surface area contributed by atoms with Gasteiger partial charge in [0, 0.05) is 58.2 Å². The van der Waals surface area contributed by atoms with Crippen molar-refractivity contribution in [2.75, 3.05) is 52.6 Å². The van der Waals surface area contributed by atoms with Crippen LogP contribution in [-0.4, -0.2) is 96.2 Å². The van der Waals surface area contributed by atoms with Gasteiger partial charge in [-0.1, -0.05) is 19.4 Å². The number of carbonyl (C=O) groups excluding carboxylic acids is 2. The number of carbonyl (C=O) groups is 3. The Morgan fingerprint density at radius 2 is 1.86 bits per heavy atom. The van der Waals surface area contributed by atoms with E-state index in [0.717, 1.165) is 18.4 Å². The number of nitrogens with two attached hydrogens (primary N) is 1. The first-order valence-corrected chi connectivity index (χ1v) is 12.9. The first-order valence-electron chi connectivity index (χ1n) is 12.9. The van der Waals surface area contributed by atoms with Gasteiger partial charge in [-0.2, -0.15) is 0 Å². The zero-order chi connectivity index (χ0) is 26.2. The van der Waals surface area contributed by atoms with Gasteiger partial charge in [0.05, 0.1) is 12.5 Å². The lowest BCUT2D eigenvalue weighted by molar-refractivity contribution is -0.144. The Labute approximate surface area is 213 Å². The molecule has 3 N–H and O–H groups in total. The number of fused-ring (bicyclic) bond motifs is 1. The third-order valence-corrected chi connectivity index (χ3v) is 7.25. The molecular weight excluding hydrogens is 464 g/mol. The molecule has 1 saturated heterocycles. The summed E-state index contributed by atoms with van der Waals surface area (Å²) in [6.07, 6.45) is 2.31. The Balaban J connectivity index is 1.88. The molecule has 10 nitrogen and oxygen atoms in total. The number of benzene rings is 1. The van der Waals surface area contributed by atoms with Crippen LogP contribution in [0.3, 0.4) is 0 Å². The van der Waals surface area contributed by atoms with E-state index < -0.39 is 17.9 Å². The van der Waals surface area contributed by atoms with Crippen molar-refractivity contribution in [1.29, 1.82) is 0 Å². The molecule has 2 heterocycles. The van der Waals surface area contributed by atoms with Crippen molar-refractivity contribution in [1.82, 2.24) is 14.7 Å². The smallest absolute Gasteiger partial charge is 0.308 e. The largest absolute Gasteiger partial charge is 0.481 e. The van der Waals surface area contributed by atoms with Crippen LogP contribution in [0.1, 0.15) is 51.5 Å². The van der Waals surface area contributed by atoms with Gasteiger partial charge in [-0.05, 0) is 37.5 Å². The third-order valence-electron chi connectivity index (χ3n) is 7.25. The number of ether oxygens (including phenoxy) is 2. The van der Waals surface area contributed by atoms with E-state index in [1.807, 2.05) is 30.0 Å². The van der Waals surface area contributed by atoms with Gasteiger partial charge in [-0.3, -0.25) is 19.3 Å². The molecule has 200 valence electrons. The van der Waals surface area contributed by atoms with Crippen LogP contribution in [0.25, 0.3) is 0 Å². The second-order valence-electron chi connectivity index (χ2n) is 9.49. The van der Waals surface area contributed by atoms with Gasteiger partial charge in [0.2, 0.25) is 18.6 Å². The van der Waals surface area contributed by atoms with Crippen LogP contribution in [0.5, 0.6) is 11.5 Å². The summed E-state index contributed by atoms with van der Waals surface area (Å²) in [5.41, 5.74) is 6.60. The minimum absolute atomic E-state index is 0.0479. The lowest BCUT2D eigenvalue weighted by Gasteiger charge is -2.31. The molecular formula is C26H40N4O6. The molecule has 0 aliphatic carbocycles. The Kier molecular flexibility index (Phi) is 9.95. The van der Waals surface area contributed by atoms with Crippen LogP contribution >= 0.6 is 0 Å². The van der Waals surface area contributed by atoms with Gasteiger partial charge in [0.25, 0.3) is 0 Å². The molecule has 0 radical (unpaired) electrons. The van der Waals surface area contributed by atoms with Gasteiger partial charge in [-0.15, -0.1) is 0 Å². The number of likely N-dealkylation sites (tertiary alicyclic amines) is 1. The van der Waals surface area contributed by atoms with Crippen molar-refractivity contribution in [2.45, 2.75) is 52.0 Å². The highest BCUT2D eigenvalue weighted by Crippen LogP contribution is 2.42. The molecule has 0 saturated carbocycles. The van der Waals surface area contributed by atoms with E-state index in [2.05, 4.69) is 6.92 Å². The molecule has 2 amide bonds. The zero-order valence-corrected chi connectivity index (χ0v) is 21.6. The average Bonchev–Trinajstić information content (AvgIpc) is 3.46. The molecule has 1 fully saturated rings. The maximum Gasteiger partial charge on any atom is 0.308 e. The highest BCUT2D eigenvalue weighted by Gasteiger charge is 2.47. The van der Waals surface area contributed by atoms with Gasteiger partial charge >= 0.3 is 5.97 Å². The molecule has 0 spiro atoms. The van der Waals surface area contributed by atoms with Crippen LogP contribution in [0.4, 0.5) is 0 Å². The summed E-state index contributed by atoms with van der Waals surface area (Å²) in [5, 5.41) is 10.3. The molecule has 0 aromatic heterocycles. The summed E-state index contributed by atoms with van der Waals surface area (Å²) < 4.78 is 10.9. The normalized spacial score (nSPS) is 20.9. The summed E-state index contributed by atoms with van der Waals surface area (Å²) >= 11 is 0. The van der Waals surface area contributed by atoms with E-state index in [1.54, 1.807) is 9.80 Å². The lowest BCUT2D eigenvalue weighted by atomic mass is 9.84. The minimum atomic E-state index is -0.909. The molecule has 1 aromatic rings. The average molecular weight is 505 g/mol. The van der Waals surface area contributed by atoms with Gasteiger partial charge < -0.3 is 30.1 Å². The van der Waals surface area contributed by atoms with Crippen molar-refractivity contribution in [2.24, 2.45) is 11.7 Å². The molecule has 2 aliphatic heterocycles. The predicted molar refractivity (Wildman–Crippen MR) is 135 cm³/mol. The fourth-order valence-electron chi connectivity index (χ4n) is 5.30. The molecule has 10 heteroatoms. The van der Waals surface area contributed by atoms with E-state index in [9.17, 15) is 19.5 Å². The summed E-state index contributed by atoms with van der Waals surface area (Å²) in [6, 6.07) is 5.14. The van der Waals surface area contributed by atoms with Gasteiger partial charge in [0.15, 0.2) is 11.5 Å². The first-order chi connectivity index (χ1) is 17.3. The lowest BCUT2D eigenvalue weighted by Crippen LogP contribution is -2.46. The summed E-state index contributed by atoms with van der Waals surface area (Å²) in [6.45, 7) is 8.63. The summed E-state index contributed by atoms with van der Waals surface area (Å²) in [4.78, 5) is 43.4. The van der Waals surface area contributed by atoms with Gasteiger partial charge in [-0.25, -0.2) is 0 Å². The second kappa shape index (κ2) is 12.9. The number of carboxylic acids is 1. The van der Waals surface area contributed by atoms with E-state index in [1.165, 1.54) is 6.92 Å². The quantitative estimate of drug-likeness (QED) is 0.416. The second-order valence-corrected chi connectivity index (χ2v) is 9.49. The van der Waals surface area contributed by atoms with E-state index in [4.69, 9.17) is 15.2 Å². The van der Waals surface area contributed by atoms with Crippen molar-refractivity contribution >= 4 is 17.8 Å². The van der Waals surface area contributed by atoms with E-state index in [0.29, 0.717) is 57.2 Å². The van der Waals surface area contributed by atoms with Crippen molar-refractivity contribution in [3.8, 4) is 11.5 Å². The van der Waals surface area contributed by atoms with Crippen LogP contribution in [0.2, 0.25) is 0 Å². The standard InChI is InChI=1S/C26H40N4O6/c1-4-6-11-29(13-10-27)24(32)16-30-15-20(19-7-8-22-23(14-19)36-17-35-22)25(26(33)34)21(30)9-12-28(5-2)18(3)31/h7-8,14,20-21,25H,4-6,9-13,15-17,27H2,1-3H3,(H,33,34)/t20-,21+,25?/m1/s1. The van der Waals surface area contributed by atoms with Crippen LogP contribution in [0, 0.1) is 5.92 Å². The number of aliphatic carboxylic acids is 1. The number of rotatable bonds is 13. The minimum Gasteiger partial charge on any atom is -0.481 e. The fraction of sp³-hybridized carbons (Fsp3) is 0.654. The number of carboxylic acid groups (broad SMARTS) is 1. The number of unbranched alkanes of at least 4 members (excludes halogenated alkanes) is 1. The molecule has 3 rings (SSSR count). The number of amides is 2. The highest BCUT2D eigenvalue weighted by molar-refractivity contribution is 5.79. The number of hydrogen-bond donors (Lipinski definition) is 2. The SMILES string of the molecule is CCCCN(CCN)C(=O)CN1C[C@H](c2ccc3c(c2)OCO3)C(C(=O)O)[C@@H]1CCN(CC)C(C)=O. The van der Waals surface area contributed by atoms with Crippen LogP contribution < -0.4 is 15.2 Å². The van der Waals surface area contributed by atoms with Crippen LogP contribution in [-0.2, 0) is 14.4 Å². The van der Waals surface area contributed by atoms with Gasteiger partial charge in [0.1, 0.15) is 0 Å². The maximum absolute atomic E-state index is 13.3. The highest BCUT2D eigenvalue weighted by atomic mass is 16.7. The fourth-order valence-corrected chi connectivity index (χ4v) is 5.30. The predicted octanol–water partition coefficient (Wildman–Crippen LogP) is 1.73. The molecule has 2 aliphatic rings. The van der Waals surface area contributed by atoms with Crippen molar-refractivity contribution < 1.29 is 29.0 Å². The topological polar surface area (TPSA) is 126 Å². The molecule has 36 heavy (non-hydrogen) atoms. The molecule has 3 atom stereocenters. The Morgan fingerprint density at radius 1 is 1.11 bits per heavy atom. The zero-order valence-electron chi connectivity index (χ0n) is 21.6. The third kappa shape index (κ3) is 6.47. The molecule has 1 aromatic carbocycles. The molecule has 0 bridgehead atoms.